The van der Waals surface area contributed by atoms with Crippen LogP contribution in [0.25, 0.3) is 0 Å². The van der Waals surface area contributed by atoms with Gasteiger partial charge in [0.25, 0.3) is 0 Å². The highest BCUT2D eigenvalue weighted by Crippen LogP contribution is 2.22. The van der Waals surface area contributed by atoms with Crippen molar-refractivity contribution < 1.29 is 9.59 Å². The number of nitrogens with zero attached hydrogens (tertiary/aromatic N) is 2. The second-order valence-electron chi connectivity index (χ2n) is 6.23. The summed E-state index contributed by atoms with van der Waals surface area (Å²) in [5, 5.41) is 7.75. The normalized spacial score (nSPS) is 21.3. The minimum Gasteiger partial charge on any atom is -0.262 e. The Morgan fingerprint density at radius 3 is 1.41 bits per heavy atom. The highest BCUT2D eigenvalue weighted by molar-refractivity contribution is 6.35. The highest BCUT2D eigenvalue weighted by Gasteiger charge is 2.14. The fraction of sp³-hybridized carbons (Fsp3) is 0.750. The average molecular weight is 306 g/mol. The predicted molar refractivity (Wildman–Crippen MR) is 86.4 cm³/mol. The number of hydrogen-bond donors (Lipinski definition) is 2. The molecule has 0 atom stereocenters. The molecule has 0 aliphatic heterocycles. The Balaban J connectivity index is 1.64. The highest BCUT2D eigenvalue weighted by atomic mass is 16.2. The zero-order valence-corrected chi connectivity index (χ0v) is 13.1. The Morgan fingerprint density at radius 2 is 1.05 bits per heavy atom. The van der Waals surface area contributed by atoms with Gasteiger partial charge in [-0.2, -0.15) is 10.2 Å². The van der Waals surface area contributed by atoms with Gasteiger partial charge in [-0.05, 0) is 37.5 Å². The van der Waals surface area contributed by atoms with Gasteiger partial charge in [0.1, 0.15) is 0 Å². The third-order valence-electron chi connectivity index (χ3n) is 4.41. The summed E-state index contributed by atoms with van der Waals surface area (Å²) < 4.78 is 0. The maximum atomic E-state index is 11.6. The summed E-state index contributed by atoms with van der Waals surface area (Å²) in [6.45, 7) is 0. The largest absolute Gasteiger partial charge is 0.331 e. The van der Waals surface area contributed by atoms with Crippen molar-refractivity contribution in [2.45, 2.75) is 64.2 Å². The minimum absolute atomic E-state index is 0.418. The van der Waals surface area contributed by atoms with Gasteiger partial charge in [-0.25, -0.2) is 10.9 Å². The monoisotopic (exact) mass is 306 g/mol. The van der Waals surface area contributed by atoms with Gasteiger partial charge in [0, 0.05) is 12.4 Å². The lowest BCUT2D eigenvalue weighted by Crippen LogP contribution is -2.35. The molecule has 0 saturated heterocycles. The van der Waals surface area contributed by atoms with E-state index in [1.54, 1.807) is 12.4 Å². The van der Waals surface area contributed by atoms with Gasteiger partial charge in [-0.15, -0.1) is 0 Å². The lowest BCUT2D eigenvalue weighted by atomic mass is 9.90. The summed E-state index contributed by atoms with van der Waals surface area (Å²) in [4.78, 5) is 23.1. The number of carbonyl (C=O) groups excluding carboxylic acids is 2. The molecule has 0 bridgehead atoms. The van der Waals surface area contributed by atoms with Gasteiger partial charge in [-0.1, -0.05) is 38.5 Å². The van der Waals surface area contributed by atoms with Crippen LogP contribution in [-0.4, -0.2) is 24.2 Å². The van der Waals surface area contributed by atoms with Gasteiger partial charge in [0.2, 0.25) is 0 Å². The van der Waals surface area contributed by atoms with Crippen LogP contribution < -0.4 is 10.9 Å². The summed E-state index contributed by atoms with van der Waals surface area (Å²) in [6, 6.07) is 0. The van der Waals surface area contributed by atoms with Crippen LogP contribution in [0.3, 0.4) is 0 Å². The van der Waals surface area contributed by atoms with Crippen LogP contribution in [0.1, 0.15) is 64.2 Å². The van der Waals surface area contributed by atoms with E-state index >= 15 is 0 Å². The molecule has 0 radical (unpaired) electrons. The van der Waals surface area contributed by atoms with Gasteiger partial charge < -0.3 is 0 Å². The standard InChI is InChI=1S/C16H26N4O2/c21-15(19-17-11-13-7-3-1-4-8-13)16(22)20-18-12-14-9-5-2-6-10-14/h11-14H,1-10H2,(H,19,21)(H,20,22)/b17-11+,18-12+. The first-order chi connectivity index (χ1) is 10.8. The minimum atomic E-state index is -0.771. The molecule has 0 aromatic heterocycles. The lowest BCUT2D eigenvalue weighted by molar-refractivity contribution is -0.139. The Bertz CT molecular complexity index is 382. The van der Waals surface area contributed by atoms with Gasteiger partial charge >= 0.3 is 11.8 Å². The fourth-order valence-electron chi connectivity index (χ4n) is 3.07. The van der Waals surface area contributed by atoms with Crippen LogP contribution >= 0.6 is 0 Å². The molecule has 6 nitrogen and oxygen atoms in total. The van der Waals surface area contributed by atoms with E-state index in [9.17, 15) is 9.59 Å². The first kappa shape index (κ1) is 16.6. The Hall–Kier alpha value is -1.72. The molecular formula is C16H26N4O2. The van der Waals surface area contributed by atoms with Crippen LogP contribution in [0.4, 0.5) is 0 Å². The predicted octanol–water partition coefficient (Wildman–Crippen LogP) is 2.35. The number of hydrazone groups is 2. The van der Waals surface area contributed by atoms with Crippen molar-refractivity contribution in [3.63, 3.8) is 0 Å². The molecule has 0 heterocycles. The van der Waals surface area contributed by atoms with E-state index in [1.807, 2.05) is 0 Å². The van der Waals surface area contributed by atoms with Gasteiger partial charge in [0.05, 0.1) is 0 Å². The van der Waals surface area contributed by atoms with Crippen molar-refractivity contribution in [1.82, 2.24) is 10.9 Å². The van der Waals surface area contributed by atoms with Crippen LogP contribution in [0.2, 0.25) is 0 Å². The van der Waals surface area contributed by atoms with E-state index in [4.69, 9.17) is 0 Å². The van der Waals surface area contributed by atoms with Crippen LogP contribution in [0.15, 0.2) is 10.2 Å². The molecule has 2 aliphatic rings. The van der Waals surface area contributed by atoms with E-state index in [0.717, 1.165) is 25.7 Å². The van der Waals surface area contributed by atoms with Crippen LogP contribution in [0.5, 0.6) is 0 Å². The summed E-state index contributed by atoms with van der Waals surface area (Å²) >= 11 is 0. The van der Waals surface area contributed by atoms with Crippen molar-refractivity contribution in [2.75, 3.05) is 0 Å². The second kappa shape index (κ2) is 9.33. The number of rotatable bonds is 4. The molecule has 122 valence electrons. The Kier molecular flexibility index (Phi) is 7.06. The molecule has 0 unspecified atom stereocenters. The molecule has 2 rings (SSSR count). The first-order valence-electron chi connectivity index (χ1n) is 8.42. The molecule has 2 saturated carbocycles. The molecule has 22 heavy (non-hydrogen) atoms. The van der Waals surface area contributed by atoms with Crippen molar-refractivity contribution in [3.8, 4) is 0 Å². The van der Waals surface area contributed by atoms with Crippen LogP contribution in [0, 0.1) is 11.8 Å². The van der Waals surface area contributed by atoms with E-state index in [-0.39, 0.29) is 0 Å². The quantitative estimate of drug-likeness (QED) is 0.475. The van der Waals surface area contributed by atoms with Crippen molar-refractivity contribution in [3.05, 3.63) is 0 Å². The summed E-state index contributed by atoms with van der Waals surface area (Å²) in [5.41, 5.74) is 4.53. The fourth-order valence-corrected chi connectivity index (χ4v) is 3.07. The summed E-state index contributed by atoms with van der Waals surface area (Å²) in [7, 11) is 0. The SMILES string of the molecule is O=C(N/N=C/C1CCCCC1)C(=O)N/N=C/C1CCCCC1. The lowest BCUT2D eigenvalue weighted by Gasteiger charge is -2.16. The third kappa shape index (κ3) is 5.95. The molecular weight excluding hydrogens is 280 g/mol. The van der Waals surface area contributed by atoms with E-state index in [0.29, 0.717) is 11.8 Å². The average Bonchev–Trinajstić information content (AvgIpc) is 2.56. The topological polar surface area (TPSA) is 82.9 Å². The smallest absolute Gasteiger partial charge is 0.262 e. The van der Waals surface area contributed by atoms with E-state index < -0.39 is 11.8 Å². The maximum absolute atomic E-state index is 11.6. The van der Waals surface area contributed by atoms with E-state index in [1.165, 1.54) is 38.5 Å². The number of amides is 2. The molecule has 0 aromatic rings. The number of hydrogen-bond acceptors (Lipinski definition) is 4. The second-order valence-corrected chi connectivity index (χ2v) is 6.23. The molecule has 6 heteroatoms. The van der Waals surface area contributed by atoms with Crippen molar-refractivity contribution in [2.24, 2.45) is 22.0 Å². The molecule has 2 amide bonds. The van der Waals surface area contributed by atoms with Gasteiger partial charge in [-0.3, -0.25) is 9.59 Å². The third-order valence-corrected chi connectivity index (χ3v) is 4.41. The first-order valence-corrected chi connectivity index (χ1v) is 8.42. The maximum Gasteiger partial charge on any atom is 0.331 e. The summed E-state index contributed by atoms with van der Waals surface area (Å²) in [5.74, 6) is -0.705. The molecule has 2 N–H and O–H groups in total. The zero-order chi connectivity index (χ0) is 15.6. The molecule has 2 aliphatic carbocycles. The molecule has 2 fully saturated rings. The van der Waals surface area contributed by atoms with Crippen molar-refractivity contribution >= 4 is 24.2 Å². The number of nitrogens with one attached hydrogen (secondary N) is 2. The summed E-state index contributed by atoms with van der Waals surface area (Å²) in [6.07, 6.45) is 15.3. The Morgan fingerprint density at radius 1 is 0.682 bits per heavy atom. The Labute approximate surface area is 131 Å². The van der Waals surface area contributed by atoms with Gasteiger partial charge in [0.15, 0.2) is 0 Å². The number of carbonyl (C=O) groups is 2. The van der Waals surface area contributed by atoms with Crippen LogP contribution in [-0.2, 0) is 9.59 Å². The van der Waals surface area contributed by atoms with Crippen molar-refractivity contribution in [1.29, 1.82) is 0 Å². The zero-order valence-electron chi connectivity index (χ0n) is 13.1. The molecule has 0 spiro atoms. The van der Waals surface area contributed by atoms with E-state index in [2.05, 4.69) is 21.1 Å². The molecule has 0 aromatic carbocycles.